The molecule has 9 heteroatoms. The first kappa shape index (κ1) is 22.5. The van der Waals surface area contributed by atoms with Crippen molar-refractivity contribution in [2.24, 2.45) is 5.92 Å². The van der Waals surface area contributed by atoms with Gasteiger partial charge < -0.3 is 0 Å². The Kier molecular flexibility index (Phi) is 8.70. The highest BCUT2D eigenvalue weighted by Crippen LogP contribution is 2.38. The van der Waals surface area contributed by atoms with E-state index in [1.54, 1.807) is 17.3 Å². The number of thiazole rings is 1. The molecule has 0 spiro atoms. The monoisotopic (exact) mass is 561 g/mol. The standard InChI is InChI=1S/C20H18ClFIN3OS2/c21-17-20(29-18(25-17)15-7-4-8-24-10-15)26(13-23)19(27)16(11-28-12-22)9-14-5-2-1-3-6-14/h1-8,10,16H,9,11-13H2. The molecular formula is C20H18ClFIN3OS2. The van der Waals surface area contributed by atoms with E-state index in [1.807, 2.05) is 42.5 Å². The van der Waals surface area contributed by atoms with Gasteiger partial charge in [0.2, 0.25) is 5.91 Å². The fourth-order valence-electron chi connectivity index (χ4n) is 2.81. The number of nitrogens with zero attached hydrogens (tertiary/aromatic N) is 3. The smallest absolute Gasteiger partial charge is 0.232 e. The van der Waals surface area contributed by atoms with Gasteiger partial charge in [0.05, 0.1) is 10.5 Å². The van der Waals surface area contributed by atoms with Crippen molar-refractivity contribution in [2.75, 3.05) is 21.2 Å². The first-order chi connectivity index (χ1) is 14.1. The second-order valence-electron chi connectivity index (χ2n) is 6.11. The lowest BCUT2D eigenvalue weighted by molar-refractivity contribution is -0.121. The van der Waals surface area contributed by atoms with Crippen molar-refractivity contribution in [2.45, 2.75) is 6.42 Å². The van der Waals surface area contributed by atoms with Crippen LogP contribution in [-0.2, 0) is 11.2 Å². The fraction of sp³-hybridized carbons (Fsp3) is 0.250. The van der Waals surface area contributed by atoms with Gasteiger partial charge in [-0.2, -0.15) is 0 Å². The molecule has 3 aromatic rings. The summed E-state index contributed by atoms with van der Waals surface area (Å²) in [5.74, 6) is -0.0242. The van der Waals surface area contributed by atoms with Crippen LogP contribution in [0.1, 0.15) is 5.56 Å². The number of hydrogen-bond donors (Lipinski definition) is 0. The number of benzene rings is 1. The minimum absolute atomic E-state index is 0.0764. The van der Waals surface area contributed by atoms with Gasteiger partial charge in [0, 0.05) is 23.7 Å². The summed E-state index contributed by atoms with van der Waals surface area (Å²) >= 11 is 11.0. The Morgan fingerprint density at radius 3 is 2.72 bits per heavy atom. The molecular weight excluding hydrogens is 544 g/mol. The lowest BCUT2D eigenvalue weighted by atomic mass is 10.00. The van der Waals surface area contributed by atoms with E-state index in [-0.39, 0.29) is 17.0 Å². The molecule has 0 aliphatic rings. The van der Waals surface area contributed by atoms with E-state index >= 15 is 0 Å². The van der Waals surface area contributed by atoms with Crippen molar-refractivity contribution < 1.29 is 9.18 Å². The molecule has 0 aliphatic carbocycles. The fourth-order valence-corrected chi connectivity index (χ4v) is 5.66. The number of halogens is 3. The Hall–Kier alpha value is -1.23. The molecule has 4 nitrogen and oxygen atoms in total. The van der Waals surface area contributed by atoms with Crippen LogP contribution < -0.4 is 4.90 Å². The number of rotatable bonds is 9. The highest BCUT2D eigenvalue weighted by molar-refractivity contribution is 14.1. The van der Waals surface area contributed by atoms with E-state index in [2.05, 4.69) is 32.6 Å². The van der Waals surface area contributed by atoms with Crippen LogP contribution in [0.2, 0.25) is 5.15 Å². The Balaban J connectivity index is 1.86. The molecule has 1 unspecified atom stereocenters. The minimum atomic E-state index is -0.519. The van der Waals surface area contributed by atoms with Crippen molar-refractivity contribution in [1.82, 2.24) is 9.97 Å². The van der Waals surface area contributed by atoms with Gasteiger partial charge in [-0.15, -0.1) is 11.8 Å². The normalized spacial score (nSPS) is 12.0. The molecule has 0 saturated carbocycles. The minimum Gasteiger partial charge on any atom is -0.291 e. The van der Waals surface area contributed by atoms with Crippen molar-refractivity contribution in [3.8, 4) is 10.6 Å². The van der Waals surface area contributed by atoms with Crippen LogP contribution in [0.5, 0.6) is 0 Å². The number of alkyl halides is 2. The predicted molar refractivity (Wildman–Crippen MR) is 129 cm³/mol. The molecule has 0 saturated heterocycles. The molecule has 29 heavy (non-hydrogen) atoms. The van der Waals surface area contributed by atoms with Gasteiger partial charge >= 0.3 is 0 Å². The van der Waals surface area contributed by atoms with Gasteiger partial charge in [-0.3, -0.25) is 14.7 Å². The van der Waals surface area contributed by atoms with Crippen molar-refractivity contribution in [1.29, 1.82) is 0 Å². The molecule has 1 amide bonds. The summed E-state index contributed by atoms with van der Waals surface area (Å²) in [5, 5.41) is 1.60. The van der Waals surface area contributed by atoms with Crippen LogP contribution in [0.25, 0.3) is 10.6 Å². The summed E-state index contributed by atoms with van der Waals surface area (Å²) in [6.45, 7) is 0. The number of amides is 1. The summed E-state index contributed by atoms with van der Waals surface area (Å²) in [4.78, 5) is 23.6. The zero-order chi connectivity index (χ0) is 20.6. The van der Waals surface area contributed by atoms with Crippen LogP contribution in [0.4, 0.5) is 9.39 Å². The van der Waals surface area contributed by atoms with Crippen LogP contribution in [0.3, 0.4) is 0 Å². The quantitative estimate of drug-likeness (QED) is 0.180. The van der Waals surface area contributed by atoms with Crippen molar-refractivity contribution in [3.63, 3.8) is 0 Å². The van der Waals surface area contributed by atoms with E-state index in [9.17, 15) is 9.18 Å². The number of carbonyl (C=O) groups is 1. The summed E-state index contributed by atoms with van der Waals surface area (Å²) in [6, 6.07) is 13.0. The van der Waals surface area contributed by atoms with Crippen LogP contribution in [0, 0.1) is 5.92 Å². The summed E-state index contributed by atoms with van der Waals surface area (Å²) in [7, 11) is 0. The van der Waals surface area contributed by atoms with Gasteiger partial charge in [0.1, 0.15) is 16.0 Å². The molecule has 0 bridgehead atoms. The summed E-state index contributed by atoms with van der Waals surface area (Å²) in [5.41, 5.74) is 1.89. The maximum atomic E-state index is 13.4. The average molecular weight is 562 g/mol. The zero-order valence-corrected chi connectivity index (χ0v) is 19.8. The van der Waals surface area contributed by atoms with Crippen molar-refractivity contribution in [3.05, 3.63) is 65.6 Å². The van der Waals surface area contributed by atoms with Crippen LogP contribution in [-0.4, -0.2) is 32.2 Å². The molecule has 2 aromatic heterocycles. The lowest BCUT2D eigenvalue weighted by Crippen LogP contribution is -2.37. The largest absolute Gasteiger partial charge is 0.291 e. The Morgan fingerprint density at radius 2 is 2.07 bits per heavy atom. The highest BCUT2D eigenvalue weighted by Gasteiger charge is 2.28. The highest BCUT2D eigenvalue weighted by atomic mass is 127. The maximum Gasteiger partial charge on any atom is 0.232 e. The summed E-state index contributed by atoms with van der Waals surface area (Å²) in [6.07, 6.45) is 3.95. The molecule has 0 aliphatic heterocycles. The van der Waals surface area contributed by atoms with Crippen LogP contribution >= 0.6 is 57.3 Å². The van der Waals surface area contributed by atoms with Gasteiger partial charge in [-0.1, -0.05) is 75.9 Å². The molecule has 3 rings (SSSR count). The molecule has 0 radical (unpaired) electrons. The Labute approximate surface area is 196 Å². The lowest BCUT2D eigenvalue weighted by Gasteiger charge is -2.24. The Bertz CT molecular complexity index is 930. The number of hydrogen-bond acceptors (Lipinski definition) is 5. The number of carbonyl (C=O) groups excluding carboxylic acids is 1. The van der Waals surface area contributed by atoms with E-state index in [0.717, 1.165) is 22.9 Å². The molecule has 2 heterocycles. The number of pyridine rings is 1. The van der Waals surface area contributed by atoms with Gasteiger partial charge in [0.15, 0.2) is 5.15 Å². The summed E-state index contributed by atoms with van der Waals surface area (Å²) < 4.78 is 13.2. The van der Waals surface area contributed by atoms with E-state index < -0.39 is 6.01 Å². The van der Waals surface area contributed by atoms with Crippen molar-refractivity contribution >= 4 is 68.2 Å². The topological polar surface area (TPSA) is 46.1 Å². The molecule has 1 aromatic carbocycles. The average Bonchev–Trinajstić information content (AvgIpc) is 3.14. The SMILES string of the molecule is O=C(C(CSCF)Cc1ccccc1)N(CI)c1sc(-c2cccnc2)nc1Cl. The second kappa shape index (κ2) is 11.2. The zero-order valence-electron chi connectivity index (χ0n) is 15.3. The van der Waals surface area contributed by atoms with E-state index in [1.165, 1.54) is 11.3 Å². The molecule has 0 fully saturated rings. The van der Waals surface area contributed by atoms with Gasteiger partial charge in [-0.25, -0.2) is 9.37 Å². The maximum absolute atomic E-state index is 13.4. The molecule has 1 atom stereocenters. The third-order valence-electron chi connectivity index (χ3n) is 4.18. The first-order valence-corrected chi connectivity index (χ1v) is 12.6. The second-order valence-corrected chi connectivity index (χ2v) is 9.09. The first-order valence-electron chi connectivity index (χ1n) is 8.75. The third-order valence-corrected chi connectivity index (χ3v) is 7.16. The number of aromatic nitrogens is 2. The molecule has 0 N–H and O–H groups in total. The van der Waals surface area contributed by atoms with Gasteiger partial charge in [0.25, 0.3) is 0 Å². The predicted octanol–water partition coefficient (Wildman–Crippen LogP) is 6.10. The number of anilines is 1. The number of thioether (sulfide) groups is 1. The van der Waals surface area contributed by atoms with Gasteiger partial charge in [-0.05, 0) is 24.1 Å². The van der Waals surface area contributed by atoms with E-state index in [4.69, 9.17) is 11.6 Å². The van der Waals surface area contributed by atoms with E-state index in [0.29, 0.717) is 26.7 Å². The Morgan fingerprint density at radius 1 is 1.28 bits per heavy atom. The van der Waals surface area contributed by atoms with Crippen LogP contribution in [0.15, 0.2) is 54.9 Å². The molecule has 152 valence electrons. The third kappa shape index (κ3) is 5.90.